The number of fused-ring (bicyclic) bond motifs is 1. The van der Waals surface area contributed by atoms with E-state index in [0.717, 1.165) is 21.9 Å². The average Bonchev–Trinajstić information content (AvgIpc) is 2.59. The molecule has 110 valence electrons. The smallest absolute Gasteiger partial charge is 0.338 e. The molecule has 3 aromatic rings. The number of rotatable bonds is 4. The summed E-state index contributed by atoms with van der Waals surface area (Å²) in [4.78, 5) is 12.1. The Balaban J connectivity index is 1.72. The Morgan fingerprint density at radius 2 is 1.64 bits per heavy atom. The highest BCUT2D eigenvalue weighted by Crippen LogP contribution is 2.17. The average molecular weight is 292 g/mol. The monoisotopic (exact) mass is 292 g/mol. The molecular formula is C19H16O3. The molecule has 0 saturated carbocycles. The van der Waals surface area contributed by atoms with E-state index >= 15 is 0 Å². The topological polar surface area (TPSA) is 46.5 Å². The molecule has 0 aliphatic rings. The number of aliphatic hydroxyl groups is 1. The maximum atomic E-state index is 12.1. The van der Waals surface area contributed by atoms with Gasteiger partial charge in [-0.25, -0.2) is 4.79 Å². The van der Waals surface area contributed by atoms with Crippen molar-refractivity contribution in [2.45, 2.75) is 13.2 Å². The highest BCUT2D eigenvalue weighted by Gasteiger charge is 2.08. The van der Waals surface area contributed by atoms with Crippen LogP contribution in [0.25, 0.3) is 10.8 Å². The first kappa shape index (κ1) is 14.3. The van der Waals surface area contributed by atoms with Crippen molar-refractivity contribution in [2.24, 2.45) is 0 Å². The molecule has 1 N–H and O–H groups in total. The van der Waals surface area contributed by atoms with Crippen molar-refractivity contribution in [3.63, 3.8) is 0 Å². The number of carbonyl (C=O) groups is 1. The third kappa shape index (κ3) is 3.15. The third-order valence-electron chi connectivity index (χ3n) is 3.53. The number of hydrogen-bond donors (Lipinski definition) is 1. The van der Waals surface area contributed by atoms with Gasteiger partial charge in [-0.05, 0) is 34.0 Å². The summed E-state index contributed by atoms with van der Waals surface area (Å²) in [5.41, 5.74) is 2.21. The predicted molar refractivity (Wildman–Crippen MR) is 85.4 cm³/mol. The zero-order chi connectivity index (χ0) is 15.4. The highest BCUT2D eigenvalue weighted by molar-refractivity contribution is 5.95. The lowest BCUT2D eigenvalue weighted by molar-refractivity contribution is 0.0473. The molecule has 0 heterocycles. The summed E-state index contributed by atoms with van der Waals surface area (Å²) in [7, 11) is 0. The van der Waals surface area contributed by atoms with Crippen LogP contribution in [0.5, 0.6) is 0 Å². The second-order valence-corrected chi connectivity index (χ2v) is 5.12. The summed E-state index contributed by atoms with van der Waals surface area (Å²) in [5, 5.41) is 11.2. The molecule has 22 heavy (non-hydrogen) atoms. The molecule has 0 aromatic heterocycles. The molecule has 0 spiro atoms. The Bertz CT molecular complexity index is 808. The van der Waals surface area contributed by atoms with Gasteiger partial charge in [-0.3, -0.25) is 0 Å². The number of aliphatic hydroxyl groups excluding tert-OH is 1. The third-order valence-corrected chi connectivity index (χ3v) is 3.53. The van der Waals surface area contributed by atoms with E-state index in [9.17, 15) is 4.79 Å². The summed E-state index contributed by atoms with van der Waals surface area (Å²) < 4.78 is 5.34. The van der Waals surface area contributed by atoms with Gasteiger partial charge in [0.15, 0.2) is 0 Å². The molecule has 0 aliphatic carbocycles. The number of hydrogen-bond acceptors (Lipinski definition) is 3. The van der Waals surface area contributed by atoms with Crippen LogP contribution < -0.4 is 0 Å². The minimum atomic E-state index is -0.347. The predicted octanol–water partition coefficient (Wildman–Crippen LogP) is 3.69. The second-order valence-electron chi connectivity index (χ2n) is 5.12. The van der Waals surface area contributed by atoms with Crippen molar-refractivity contribution in [2.75, 3.05) is 0 Å². The van der Waals surface area contributed by atoms with Gasteiger partial charge in [-0.15, -0.1) is 0 Å². The van der Waals surface area contributed by atoms with Gasteiger partial charge < -0.3 is 9.84 Å². The Labute approximate surface area is 128 Å². The van der Waals surface area contributed by atoms with E-state index in [2.05, 4.69) is 0 Å². The van der Waals surface area contributed by atoms with Gasteiger partial charge in [0, 0.05) is 0 Å². The van der Waals surface area contributed by atoms with Crippen LogP contribution in [0.2, 0.25) is 0 Å². The highest BCUT2D eigenvalue weighted by atomic mass is 16.5. The maximum absolute atomic E-state index is 12.1. The minimum Gasteiger partial charge on any atom is -0.457 e. The van der Waals surface area contributed by atoms with E-state index in [1.165, 1.54) is 0 Å². The van der Waals surface area contributed by atoms with Crippen LogP contribution in [0.4, 0.5) is 0 Å². The van der Waals surface area contributed by atoms with Crippen molar-refractivity contribution in [3.8, 4) is 0 Å². The molecule has 3 nitrogen and oxygen atoms in total. The van der Waals surface area contributed by atoms with Crippen LogP contribution in [0.15, 0.2) is 66.7 Å². The molecule has 0 unspecified atom stereocenters. The Kier molecular flexibility index (Phi) is 4.17. The molecule has 0 amide bonds. The van der Waals surface area contributed by atoms with Crippen molar-refractivity contribution < 1.29 is 14.6 Å². The van der Waals surface area contributed by atoms with E-state index in [1.807, 2.05) is 60.7 Å². The van der Waals surface area contributed by atoms with Gasteiger partial charge in [0.1, 0.15) is 6.61 Å². The van der Waals surface area contributed by atoms with Gasteiger partial charge in [-0.1, -0.05) is 54.6 Å². The fourth-order valence-corrected chi connectivity index (χ4v) is 2.37. The largest absolute Gasteiger partial charge is 0.457 e. The van der Waals surface area contributed by atoms with Crippen LogP contribution in [0.3, 0.4) is 0 Å². The lowest BCUT2D eigenvalue weighted by Gasteiger charge is -2.07. The lowest BCUT2D eigenvalue weighted by Crippen LogP contribution is -2.05. The summed E-state index contributed by atoms with van der Waals surface area (Å²) in [6.07, 6.45) is 0. The Morgan fingerprint density at radius 1 is 0.864 bits per heavy atom. The normalized spacial score (nSPS) is 10.6. The summed E-state index contributed by atoms with van der Waals surface area (Å²) in [5.74, 6) is -0.347. The van der Waals surface area contributed by atoms with Crippen molar-refractivity contribution in [3.05, 3.63) is 83.4 Å². The minimum absolute atomic E-state index is 0.0214. The number of ether oxygens (including phenoxy) is 1. The standard InChI is InChI=1S/C19H16O3/c20-12-14-4-3-5-15(10-14)13-22-19(21)18-9-8-16-6-1-2-7-17(16)11-18/h1-11,20H,12-13H2. The Hall–Kier alpha value is -2.65. The fourth-order valence-electron chi connectivity index (χ4n) is 2.37. The molecule has 0 fully saturated rings. The van der Waals surface area contributed by atoms with Gasteiger partial charge in [0.2, 0.25) is 0 Å². The summed E-state index contributed by atoms with van der Waals surface area (Å²) >= 11 is 0. The number of esters is 1. The van der Waals surface area contributed by atoms with E-state index in [-0.39, 0.29) is 19.2 Å². The zero-order valence-corrected chi connectivity index (χ0v) is 12.0. The van der Waals surface area contributed by atoms with Crippen molar-refractivity contribution >= 4 is 16.7 Å². The van der Waals surface area contributed by atoms with Crippen LogP contribution in [-0.4, -0.2) is 11.1 Å². The van der Waals surface area contributed by atoms with E-state index in [0.29, 0.717) is 5.56 Å². The molecule has 0 atom stereocenters. The van der Waals surface area contributed by atoms with Gasteiger partial charge in [0.25, 0.3) is 0 Å². The van der Waals surface area contributed by atoms with Crippen LogP contribution in [0.1, 0.15) is 21.5 Å². The van der Waals surface area contributed by atoms with Crippen LogP contribution in [0, 0.1) is 0 Å². The zero-order valence-electron chi connectivity index (χ0n) is 12.0. The van der Waals surface area contributed by atoms with Crippen LogP contribution in [-0.2, 0) is 18.0 Å². The van der Waals surface area contributed by atoms with Crippen LogP contribution >= 0.6 is 0 Å². The van der Waals surface area contributed by atoms with Gasteiger partial charge in [-0.2, -0.15) is 0 Å². The fraction of sp³-hybridized carbons (Fsp3) is 0.105. The molecule has 3 rings (SSSR count). The lowest BCUT2D eigenvalue weighted by atomic mass is 10.1. The SMILES string of the molecule is O=C(OCc1cccc(CO)c1)c1ccc2ccccc2c1. The quantitative estimate of drug-likeness (QED) is 0.746. The molecule has 3 heteroatoms. The Morgan fingerprint density at radius 3 is 2.45 bits per heavy atom. The first-order valence-corrected chi connectivity index (χ1v) is 7.11. The molecule has 0 aliphatic heterocycles. The van der Waals surface area contributed by atoms with E-state index in [4.69, 9.17) is 9.84 Å². The second kappa shape index (κ2) is 6.41. The van der Waals surface area contributed by atoms with Crippen molar-refractivity contribution in [1.29, 1.82) is 0 Å². The number of carbonyl (C=O) groups excluding carboxylic acids is 1. The van der Waals surface area contributed by atoms with Gasteiger partial charge in [0.05, 0.1) is 12.2 Å². The van der Waals surface area contributed by atoms with E-state index < -0.39 is 0 Å². The summed E-state index contributed by atoms with van der Waals surface area (Å²) in [6, 6.07) is 20.8. The molecule has 0 radical (unpaired) electrons. The molecular weight excluding hydrogens is 276 g/mol. The molecule has 0 bridgehead atoms. The van der Waals surface area contributed by atoms with Gasteiger partial charge >= 0.3 is 5.97 Å². The molecule has 0 saturated heterocycles. The van der Waals surface area contributed by atoms with E-state index in [1.54, 1.807) is 6.07 Å². The first-order valence-electron chi connectivity index (χ1n) is 7.11. The number of benzene rings is 3. The maximum Gasteiger partial charge on any atom is 0.338 e. The van der Waals surface area contributed by atoms with Crippen molar-refractivity contribution in [1.82, 2.24) is 0 Å². The summed E-state index contributed by atoms with van der Waals surface area (Å²) in [6.45, 7) is 0.173. The molecule has 3 aromatic carbocycles. The first-order chi connectivity index (χ1) is 10.8.